The molecule has 0 radical (unpaired) electrons. The highest BCUT2D eigenvalue weighted by Crippen LogP contribution is 2.23. The van der Waals surface area contributed by atoms with Gasteiger partial charge >= 0.3 is 5.97 Å². The van der Waals surface area contributed by atoms with E-state index in [1.165, 1.54) is 7.11 Å². The maximum absolute atomic E-state index is 12.0. The van der Waals surface area contributed by atoms with Crippen molar-refractivity contribution in [3.63, 3.8) is 0 Å². The van der Waals surface area contributed by atoms with Gasteiger partial charge in [0.2, 0.25) is 5.91 Å². The van der Waals surface area contributed by atoms with Gasteiger partial charge in [0.25, 0.3) is 0 Å². The Labute approximate surface area is 140 Å². The number of methoxy groups -OCH3 is 1. The molecule has 1 amide bonds. The molecule has 0 aromatic heterocycles. The molecular weight excluding hydrogens is 304 g/mol. The van der Waals surface area contributed by atoms with Gasteiger partial charge in [-0.3, -0.25) is 9.59 Å². The lowest BCUT2D eigenvalue weighted by Crippen LogP contribution is -2.38. The topological polar surface area (TPSA) is 81.4 Å². The monoisotopic (exact) mass is 334 g/mol. The third-order valence-electron chi connectivity index (χ3n) is 4.17. The fourth-order valence-corrected chi connectivity index (χ4v) is 2.85. The molecule has 0 heterocycles. The van der Waals surface area contributed by atoms with E-state index in [0.717, 1.165) is 64.3 Å². The van der Waals surface area contributed by atoms with Crippen LogP contribution in [0.25, 0.3) is 0 Å². The molecule has 1 rings (SSSR count). The summed E-state index contributed by atoms with van der Waals surface area (Å²) in [7, 11) is 1.42. The number of unbranched alkanes of at least 4 members (excludes halogenated alkanes) is 4. The molecule has 0 bridgehead atoms. The van der Waals surface area contributed by atoms with E-state index in [1.54, 1.807) is 0 Å². The van der Waals surface area contributed by atoms with Crippen LogP contribution in [0.15, 0.2) is 0 Å². The first-order valence-electron chi connectivity index (χ1n) is 8.23. The summed E-state index contributed by atoms with van der Waals surface area (Å²) >= 11 is 0. The lowest BCUT2D eigenvalue weighted by Gasteiger charge is -2.25. The van der Waals surface area contributed by atoms with Gasteiger partial charge in [0.05, 0.1) is 7.11 Å². The number of nitrogens with one attached hydrogen (secondary N) is 1. The normalized spacial score (nSPS) is 20.8. The predicted octanol–water partition coefficient (Wildman–Crippen LogP) is 2.56. The molecule has 3 N–H and O–H groups in total. The summed E-state index contributed by atoms with van der Waals surface area (Å²) in [6, 6.07) is 0.198. The maximum atomic E-state index is 12.0. The zero-order chi connectivity index (χ0) is 15.5. The van der Waals surface area contributed by atoms with Crippen LogP contribution in [0.1, 0.15) is 64.2 Å². The number of carbonyl (C=O) groups is 2. The molecule has 0 spiro atoms. The number of hydrogen-bond donors (Lipinski definition) is 2. The second-order valence-electron chi connectivity index (χ2n) is 6.01. The number of rotatable bonds is 9. The van der Waals surface area contributed by atoms with E-state index in [0.29, 0.717) is 6.42 Å². The highest BCUT2D eigenvalue weighted by atomic mass is 35.5. The van der Waals surface area contributed by atoms with Gasteiger partial charge in [0, 0.05) is 24.9 Å². The summed E-state index contributed by atoms with van der Waals surface area (Å²) in [5, 5.41) is 3.02. The van der Waals surface area contributed by atoms with E-state index in [9.17, 15) is 9.59 Å². The number of hydrogen-bond acceptors (Lipinski definition) is 4. The van der Waals surface area contributed by atoms with Crippen LogP contribution in [0.4, 0.5) is 0 Å². The maximum Gasteiger partial charge on any atom is 0.305 e. The Morgan fingerprint density at radius 3 is 2.50 bits per heavy atom. The first-order valence-corrected chi connectivity index (χ1v) is 8.23. The summed E-state index contributed by atoms with van der Waals surface area (Å²) in [6.07, 6.45) is 9.56. The van der Waals surface area contributed by atoms with Crippen molar-refractivity contribution in [2.24, 2.45) is 11.7 Å². The number of nitrogens with two attached hydrogens (primary N) is 1. The number of halogens is 1. The van der Waals surface area contributed by atoms with Crippen molar-refractivity contribution in [1.82, 2.24) is 5.32 Å². The third kappa shape index (κ3) is 9.26. The predicted molar refractivity (Wildman–Crippen MR) is 89.9 cm³/mol. The molecule has 1 aliphatic rings. The van der Waals surface area contributed by atoms with E-state index >= 15 is 0 Å². The fraction of sp³-hybridized carbons (Fsp3) is 0.875. The second-order valence-corrected chi connectivity index (χ2v) is 6.01. The average Bonchev–Trinajstić information content (AvgIpc) is 2.49. The standard InChI is InChI=1S/C16H30N2O3.ClH/c1-21-15(19)10-5-3-2-4-6-11-18-16(20)13-8-7-9-14(17)12-13;/h13-14H,2-12,17H2,1H3,(H,18,20);1H. The van der Waals surface area contributed by atoms with Gasteiger partial charge in [0.15, 0.2) is 0 Å². The van der Waals surface area contributed by atoms with E-state index in [4.69, 9.17) is 5.73 Å². The highest BCUT2D eigenvalue weighted by molar-refractivity contribution is 5.85. The minimum atomic E-state index is -0.132. The Kier molecular flexibility index (Phi) is 12.2. The van der Waals surface area contributed by atoms with Crippen molar-refractivity contribution in [3.8, 4) is 0 Å². The SMILES string of the molecule is COC(=O)CCCCCCCNC(=O)C1CCCC(N)C1.Cl. The van der Waals surface area contributed by atoms with E-state index in [1.807, 2.05) is 0 Å². The molecule has 0 aliphatic heterocycles. The molecule has 22 heavy (non-hydrogen) atoms. The number of amides is 1. The Bertz CT molecular complexity index is 327. The second kappa shape index (κ2) is 12.7. The Balaban J connectivity index is 0.00000441. The Morgan fingerprint density at radius 2 is 1.82 bits per heavy atom. The van der Waals surface area contributed by atoms with Gasteiger partial charge in [-0.15, -0.1) is 12.4 Å². The van der Waals surface area contributed by atoms with E-state index in [-0.39, 0.29) is 36.2 Å². The Hall–Kier alpha value is -0.810. The highest BCUT2D eigenvalue weighted by Gasteiger charge is 2.24. The van der Waals surface area contributed by atoms with Crippen molar-refractivity contribution in [2.75, 3.05) is 13.7 Å². The van der Waals surface area contributed by atoms with Crippen molar-refractivity contribution in [3.05, 3.63) is 0 Å². The van der Waals surface area contributed by atoms with Gasteiger partial charge in [-0.1, -0.05) is 25.7 Å². The molecule has 1 fully saturated rings. The molecule has 130 valence electrons. The molecule has 0 aromatic rings. The number of carbonyl (C=O) groups excluding carboxylic acids is 2. The Morgan fingerprint density at radius 1 is 1.14 bits per heavy atom. The minimum absolute atomic E-state index is 0. The first kappa shape index (κ1) is 21.2. The summed E-state index contributed by atoms with van der Waals surface area (Å²) in [6.45, 7) is 0.752. The molecule has 0 saturated heterocycles. The van der Waals surface area contributed by atoms with Crippen LogP contribution in [-0.2, 0) is 14.3 Å². The van der Waals surface area contributed by atoms with Crippen LogP contribution >= 0.6 is 12.4 Å². The smallest absolute Gasteiger partial charge is 0.305 e. The molecule has 5 nitrogen and oxygen atoms in total. The molecule has 2 unspecified atom stereocenters. The van der Waals surface area contributed by atoms with Crippen LogP contribution in [-0.4, -0.2) is 31.6 Å². The lowest BCUT2D eigenvalue weighted by molar-refractivity contribution is -0.140. The number of esters is 1. The van der Waals surface area contributed by atoms with Crippen molar-refractivity contribution in [1.29, 1.82) is 0 Å². The van der Waals surface area contributed by atoms with Gasteiger partial charge in [-0.05, 0) is 32.1 Å². The van der Waals surface area contributed by atoms with Crippen LogP contribution < -0.4 is 11.1 Å². The van der Waals surface area contributed by atoms with Crippen LogP contribution in [0, 0.1) is 5.92 Å². The zero-order valence-electron chi connectivity index (χ0n) is 13.6. The number of ether oxygens (including phenoxy) is 1. The van der Waals surface area contributed by atoms with E-state index < -0.39 is 0 Å². The van der Waals surface area contributed by atoms with Crippen molar-refractivity contribution < 1.29 is 14.3 Å². The summed E-state index contributed by atoms with van der Waals surface area (Å²) in [4.78, 5) is 22.9. The van der Waals surface area contributed by atoms with Gasteiger partial charge < -0.3 is 15.8 Å². The first-order chi connectivity index (χ1) is 10.1. The third-order valence-corrected chi connectivity index (χ3v) is 4.17. The van der Waals surface area contributed by atoms with Gasteiger partial charge in [-0.2, -0.15) is 0 Å². The van der Waals surface area contributed by atoms with Crippen molar-refractivity contribution >= 4 is 24.3 Å². The summed E-state index contributed by atoms with van der Waals surface area (Å²) < 4.78 is 4.59. The van der Waals surface area contributed by atoms with Crippen molar-refractivity contribution in [2.45, 2.75) is 70.3 Å². The quantitative estimate of drug-likeness (QED) is 0.501. The zero-order valence-corrected chi connectivity index (χ0v) is 14.5. The minimum Gasteiger partial charge on any atom is -0.469 e. The molecule has 1 saturated carbocycles. The average molecular weight is 335 g/mol. The molecule has 2 atom stereocenters. The largest absolute Gasteiger partial charge is 0.469 e. The van der Waals surface area contributed by atoms with Crippen LogP contribution in [0.2, 0.25) is 0 Å². The molecule has 0 aromatic carbocycles. The van der Waals surface area contributed by atoms with E-state index in [2.05, 4.69) is 10.1 Å². The molecule has 1 aliphatic carbocycles. The van der Waals surface area contributed by atoms with Crippen LogP contribution in [0.5, 0.6) is 0 Å². The van der Waals surface area contributed by atoms with Crippen LogP contribution in [0.3, 0.4) is 0 Å². The summed E-state index contributed by atoms with van der Waals surface area (Å²) in [5.74, 6) is 0.164. The molecular formula is C16H31ClN2O3. The fourth-order valence-electron chi connectivity index (χ4n) is 2.85. The van der Waals surface area contributed by atoms with Gasteiger partial charge in [-0.25, -0.2) is 0 Å². The summed E-state index contributed by atoms with van der Waals surface area (Å²) in [5.41, 5.74) is 5.90. The lowest BCUT2D eigenvalue weighted by atomic mass is 9.85. The van der Waals surface area contributed by atoms with Gasteiger partial charge in [0.1, 0.15) is 0 Å². The molecule has 6 heteroatoms.